The summed E-state index contributed by atoms with van der Waals surface area (Å²) in [5.74, 6) is -0.293. The van der Waals surface area contributed by atoms with Gasteiger partial charge < -0.3 is 0 Å². The molecule has 0 aliphatic carbocycles. The Kier molecular flexibility index (Phi) is 7.15. The van der Waals surface area contributed by atoms with Crippen LogP contribution in [0.3, 0.4) is 0 Å². The van der Waals surface area contributed by atoms with Gasteiger partial charge in [-0.25, -0.2) is 13.4 Å². The number of sulfonamides is 1. The zero-order valence-electron chi connectivity index (χ0n) is 19.8. The third kappa shape index (κ3) is 4.92. The lowest BCUT2D eigenvalue weighted by Gasteiger charge is -2.35. The predicted octanol–water partition coefficient (Wildman–Crippen LogP) is 5.80. The summed E-state index contributed by atoms with van der Waals surface area (Å²) in [4.78, 5) is 24.9. The van der Waals surface area contributed by atoms with Crippen molar-refractivity contribution in [3.63, 3.8) is 0 Å². The van der Waals surface area contributed by atoms with Crippen molar-refractivity contribution in [2.75, 3.05) is 11.4 Å². The van der Waals surface area contributed by atoms with Gasteiger partial charge >= 0.3 is 0 Å². The zero-order valence-corrected chi connectivity index (χ0v) is 23.1. The second kappa shape index (κ2) is 10.2. The smallest absolute Gasteiger partial charge is 0.253 e. The SMILES string of the molecule is Cc1cc2nc(N(Cc3ccccn3)C(=O)C3CCCCN3S(=O)(=O)c3ccc(Cl)s3)sc2cc1C. The van der Waals surface area contributed by atoms with Gasteiger partial charge in [0.1, 0.15) is 10.3 Å². The lowest BCUT2D eigenvalue weighted by atomic mass is 10.0. The average Bonchev–Trinajstić information content (AvgIpc) is 3.49. The maximum absolute atomic E-state index is 14.1. The van der Waals surface area contributed by atoms with Crippen LogP contribution in [-0.4, -0.2) is 41.2 Å². The first-order valence-electron chi connectivity index (χ1n) is 11.6. The molecule has 0 radical (unpaired) electrons. The molecule has 0 spiro atoms. The van der Waals surface area contributed by atoms with Crippen LogP contribution in [0.1, 0.15) is 36.1 Å². The van der Waals surface area contributed by atoms with Crippen LogP contribution in [0, 0.1) is 13.8 Å². The molecule has 11 heteroatoms. The molecule has 1 fully saturated rings. The fourth-order valence-electron chi connectivity index (χ4n) is 4.35. The van der Waals surface area contributed by atoms with Crippen LogP contribution in [0.4, 0.5) is 5.13 Å². The average molecular weight is 561 g/mol. The standard InChI is InChI=1S/C25H25ClN4O3S3/c1-16-13-19-21(14-17(16)2)34-25(28-19)29(15-18-7-3-5-11-27-18)24(31)20-8-4-6-12-30(20)36(32,33)23-10-9-22(26)35-23/h3,5,7,9-11,13-14,20H,4,6,8,12,15H2,1-2H3. The quantitative estimate of drug-likeness (QED) is 0.297. The summed E-state index contributed by atoms with van der Waals surface area (Å²) in [6, 6.07) is 11.9. The Morgan fingerprint density at radius 1 is 1.14 bits per heavy atom. The van der Waals surface area contributed by atoms with E-state index in [1.54, 1.807) is 17.2 Å². The number of thiazole rings is 1. The molecular weight excluding hydrogens is 536 g/mol. The van der Waals surface area contributed by atoms with Gasteiger partial charge in [-0.05, 0) is 74.2 Å². The number of hydrogen-bond acceptors (Lipinski definition) is 7. The number of thiophene rings is 1. The number of aromatic nitrogens is 2. The molecule has 1 aromatic carbocycles. The van der Waals surface area contributed by atoms with E-state index in [0.717, 1.165) is 39.1 Å². The molecule has 0 saturated carbocycles. The van der Waals surface area contributed by atoms with E-state index in [1.807, 2.05) is 38.1 Å². The molecule has 1 saturated heterocycles. The van der Waals surface area contributed by atoms with Crippen molar-refractivity contribution in [1.29, 1.82) is 0 Å². The number of fused-ring (bicyclic) bond motifs is 1. The number of pyridine rings is 1. The third-order valence-corrected chi connectivity index (χ3v) is 11.0. The molecule has 188 valence electrons. The summed E-state index contributed by atoms with van der Waals surface area (Å²) >= 11 is 8.47. The van der Waals surface area contributed by atoms with Gasteiger partial charge in [0, 0.05) is 12.7 Å². The number of benzene rings is 1. The van der Waals surface area contributed by atoms with Gasteiger partial charge in [0.15, 0.2) is 5.13 Å². The predicted molar refractivity (Wildman–Crippen MR) is 145 cm³/mol. The summed E-state index contributed by atoms with van der Waals surface area (Å²) in [5, 5.41) is 0.535. The molecule has 1 unspecified atom stereocenters. The van der Waals surface area contributed by atoms with E-state index in [-0.39, 0.29) is 23.2 Å². The van der Waals surface area contributed by atoms with Gasteiger partial charge in [0.05, 0.1) is 26.8 Å². The number of nitrogens with zero attached hydrogens (tertiary/aromatic N) is 4. The summed E-state index contributed by atoms with van der Waals surface area (Å²) in [7, 11) is -3.87. The van der Waals surface area contributed by atoms with Crippen molar-refractivity contribution >= 4 is 65.6 Å². The highest BCUT2D eigenvalue weighted by Gasteiger charge is 2.41. The van der Waals surface area contributed by atoms with Gasteiger partial charge in [0.25, 0.3) is 10.0 Å². The topological polar surface area (TPSA) is 83.5 Å². The molecule has 1 amide bonds. The number of anilines is 1. The summed E-state index contributed by atoms with van der Waals surface area (Å²) in [6.45, 7) is 4.56. The zero-order chi connectivity index (χ0) is 25.4. The number of amides is 1. The number of piperidine rings is 1. The van der Waals surface area contributed by atoms with E-state index in [1.165, 1.54) is 21.7 Å². The van der Waals surface area contributed by atoms with Crippen molar-refractivity contribution < 1.29 is 13.2 Å². The first-order chi connectivity index (χ1) is 17.2. The molecule has 3 aromatic heterocycles. The number of hydrogen-bond donors (Lipinski definition) is 0. The molecule has 1 atom stereocenters. The van der Waals surface area contributed by atoms with E-state index >= 15 is 0 Å². The van der Waals surface area contributed by atoms with Crippen molar-refractivity contribution in [2.24, 2.45) is 0 Å². The molecule has 5 rings (SSSR count). The largest absolute Gasteiger partial charge is 0.281 e. The van der Waals surface area contributed by atoms with Gasteiger partial charge in [-0.1, -0.05) is 35.4 Å². The first-order valence-corrected chi connectivity index (χ1v) is 15.1. The molecule has 7 nitrogen and oxygen atoms in total. The molecular formula is C25H25ClN4O3S3. The first kappa shape index (κ1) is 25.3. The Balaban J connectivity index is 1.55. The number of halogens is 1. The number of carbonyl (C=O) groups is 1. The Bertz CT molecular complexity index is 1480. The van der Waals surface area contributed by atoms with Crippen LogP contribution in [0.5, 0.6) is 0 Å². The summed E-state index contributed by atoms with van der Waals surface area (Å²) in [5.41, 5.74) is 3.80. The highest BCUT2D eigenvalue weighted by molar-refractivity contribution is 7.91. The lowest BCUT2D eigenvalue weighted by molar-refractivity contribution is -0.123. The molecule has 36 heavy (non-hydrogen) atoms. The summed E-state index contributed by atoms with van der Waals surface area (Å²) in [6.07, 6.45) is 3.59. The highest BCUT2D eigenvalue weighted by Crippen LogP contribution is 2.35. The van der Waals surface area contributed by atoms with Crippen molar-refractivity contribution in [3.05, 3.63) is 69.8 Å². The van der Waals surface area contributed by atoms with E-state index in [9.17, 15) is 13.2 Å². The lowest BCUT2D eigenvalue weighted by Crippen LogP contribution is -2.52. The number of aryl methyl sites for hydroxylation is 2. The van der Waals surface area contributed by atoms with Gasteiger partial charge in [-0.2, -0.15) is 4.31 Å². The molecule has 4 aromatic rings. The van der Waals surface area contributed by atoms with Crippen LogP contribution >= 0.6 is 34.3 Å². The Morgan fingerprint density at radius 2 is 1.94 bits per heavy atom. The monoisotopic (exact) mass is 560 g/mol. The van der Waals surface area contributed by atoms with Crippen molar-refractivity contribution in [1.82, 2.24) is 14.3 Å². The molecule has 1 aliphatic rings. The maximum atomic E-state index is 14.1. The minimum atomic E-state index is -3.87. The fraction of sp³-hybridized carbons (Fsp3) is 0.320. The number of carbonyl (C=O) groups excluding carboxylic acids is 1. The van der Waals surface area contributed by atoms with Crippen molar-refractivity contribution in [3.8, 4) is 0 Å². The van der Waals surface area contributed by atoms with Crippen LogP contribution in [0.15, 0.2) is 52.9 Å². The normalized spacial score (nSPS) is 16.9. The van der Waals surface area contributed by atoms with Crippen LogP contribution in [0.25, 0.3) is 10.2 Å². The minimum absolute atomic E-state index is 0.148. The van der Waals surface area contributed by atoms with E-state index in [0.29, 0.717) is 28.0 Å². The second-order valence-corrected chi connectivity index (χ2v) is 13.7. The number of rotatable bonds is 6. The molecule has 1 aliphatic heterocycles. The Labute approximate surface area is 223 Å². The highest BCUT2D eigenvalue weighted by atomic mass is 35.5. The van der Waals surface area contributed by atoms with Gasteiger partial charge in [0.2, 0.25) is 5.91 Å². The fourth-order valence-corrected chi connectivity index (χ4v) is 8.66. The molecule has 0 N–H and O–H groups in total. The Hall–Kier alpha value is -2.37. The maximum Gasteiger partial charge on any atom is 0.253 e. The van der Waals surface area contributed by atoms with Gasteiger partial charge in [-0.3, -0.25) is 14.7 Å². The van der Waals surface area contributed by atoms with Crippen LogP contribution in [-0.2, 0) is 21.4 Å². The molecule has 0 bridgehead atoms. The van der Waals surface area contributed by atoms with E-state index in [2.05, 4.69) is 11.1 Å². The summed E-state index contributed by atoms with van der Waals surface area (Å²) < 4.78 is 29.9. The van der Waals surface area contributed by atoms with Crippen LogP contribution < -0.4 is 4.90 Å². The van der Waals surface area contributed by atoms with E-state index in [4.69, 9.17) is 16.6 Å². The third-order valence-electron chi connectivity index (χ3n) is 6.39. The van der Waals surface area contributed by atoms with Crippen LogP contribution in [0.2, 0.25) is 4.34 Å². The minimum Gasteiger partial charge on any atom is -0.281 e. The van der Waals surface area contributed by atoms with E-state index < -0.39 is 16.1 Å². The second-order valence-electron chi connectivity index (χ2n) is 8.83. The van der Waals surface area contributed by atoms with Gasteiger partial charge in [-0.15, -0.1) is 11.3 Å². The Morgan fingerprint density at radius 3 is 2.67 bits per heavy atom. The molecule has 4 heterocycles. The van der Waals surface area contributed by atoms with Crippen molar-refractivity contribution in [2.45, 2.75) is 49.9 Å².